The summed E-state index contributed by atoms with van der Waals surface area (Å²) in [5.41, 5.74) is -0.139. The van der Waals surface area contributed by atoms with Crippen LogP contribution in [0.1, 0.15) is 47.0 Å². The normalized spacial score (nSPS) is 14.7. The lowest BCUT2D eigenvalue weighted by molar-refractivity contribution is 0.0468. The molecule has 4 rings (SSSR count). The average molecular weight is 484 g/mol. The van der Waals surface area contributed by atoms with Crippen molar-refractivity contribution >= 4 is 32.5 Å². The van der Waals surface area contributed by atoms with E-state index in [1.807, 2.05) is 0 Å². The molecule has 0 saturated carbocycles. The standard InChI is InChI=1S/C24H25N3O6S/c1-2-27-23(29)20-9-5-4-8-19(20)22(25-27)24(30)33-16-21(28)17-10-12-18(13-11-17)34(31,32)26-14-6-3-7-15-26/h4-5,8-13H,2-3,6-7,14-16H2,1H3. The molecule has 178 valence electrons. The number of hydrogen-bond acceptors (Lipinski definition) is 7. The lowest BCUT2D eigenvalue weighted by Crippen LogP contribution is -2.35. The van der Waals surface area contributed by atoms with Gasteiger partial charge in [-0.15, -0.1) is 0 Å². The first-order valence-corrected chi connectivity index (χ1v) is 12.6. The van der Waals surface area contributed by atoms with Crippen molar-refractivity contribution < 1.29 is 22.7 Å². The molecule has 0 unspecified atom stereocenters. The summed E-state index contributed by atoms with van der Waals surface area (Å²) in [6.07, 6.45) is 2.69. The van der Waals surface area contributed by atoms with E-state index in [0.29, 0.717) is 23.9 Å². The molecule has 0 aliphatic carbocycles. The maximum absolute atomic E-state index is 12.8. The molecule has 0 atom stereocenters. The second kappa shape index (κ2) is 9.86. The van der Waals surface area contributed by atoms with Crippen LogP contribution in [0.4, 0.5) is 0 Å². The van der Waals surface area contributed by atoms with E-state index in [1.54, 1.807) is 31.2 Å². The lowest BCUT2D eigenvalue weighted by Gasteiger charge is -2.25. The number of carbonyl (C=O) groups excluding carboxylic acids is 2. The molecule has 1 aliphatic heterocycles. The molecular weight excluding hydrogens is 458 g/mol. The van der Waals surface area contributed by atoms with Gasteiger partial charge in [-0.3, -0.25) is 9.59 Å². The van der Waals surface area contributed by atoms with Crippen LogP contribution in [0.5, 0.6) is 0 Å². The molecule has 0 bridgehead atoms. The number of sulfonamides is 1. The number of piperidine rings is 1. The van der Waals surface area contributed by atoms with Crippen LogP contribution in [-0.2, 0) is 21.3 Å². The van der Waals surface area contributed by atoms with Gasteiger partial charge in [0.25, 0.3) is 5.56 Å². The summed E-state index contributed by atoms with van der Waals surface area (Å²) in [5.74, 6) is -1.31. The third kappa shape index (κ3) is 4.64. The van der Waals surface area contributed by atoms with Crippen LogP contribution in [-0.4, -0.2) is 54.0 Å². The van der Waals surface area contributed by atoms with Crippen molar-refractivity contribution in [3.05, 3.63) is 70.1 Å². The number of Topliss-reactive ketones (excluding diaryl/α,β-unsaturated/α-hetero) is 1. The Balaban J connectivity index is 1.48. The van der Waals surface area contributed by atoms with Crippen molar-refractivity contribution in [3.8, 4) is 0 Å². The van der Waals surface area contributed by atoms with E-state index in [1.165, 1.54) is 33.3 Å². The fourth-order valence-corrected chi connectivity index (χ4v) is 5.47. The van der Waals surface area contributed by atoms with Gasteiger partial charge in [-0.05, 0) is 50.1 Å². The van der Waals surface area contributed by atoms with Gasteiger partial charge in [0.05, 0.1) is 10.3 Å². The SMILES string of the molecule is CCn1nc(C(=O)OCC(=O)c2ccc(S(=O)(=O)N3CCCCC3)cc2)c2ccccc2c1=O. The number of nitrogens with zero attached hydrogens (tertiary/aromatic N) is 3. The highest BCUT2D eigenvalue weighted by molar-refractivity contribution is 7.89. The van der Waals surface area contributed by atoms with Gasteiger partial charge in [-0.25, -0.2) is 17.9 Å². The molecule has 0 radical (unpaired) electrons. The van der Waals surface area contributed by atoms with Crippen LogP contribution in [0.2, 0.25) is 0 Å². The number of ether oxygens (including phenoxy) is 1. The molecule has 10 heteroatoms. The van der Waals surface area contributed by atoms with Crippen molar-refractivity contribution in [3.63, 3.8) is 0 Å². The van der Waals surface area contributed by atoms with Crippen molar-refractivity contribution in [2.24, 2.45) is 0 Å². The Morgan fingerprint density at radius 2 is 1.62 bits per heavy atom. The van der Waals surface area contributed by atoms with Crippen molar-refractivity contribution in [2.45, 2.75) is 37.6 Å². The van der Waals surface area contributed by atoms with Crippen LogP contribution in [0.15, 0.2) is 58.2 Å². The summed E-state index contributed by atoms with van der Waals surface area (Å²) in [4.78, 5) is 37.8. The Kier molecular flexibility index (Phi) is 6.90. The number of ketones is 1. The quantitative estimate of drug-likeness (QED) is 0.375. The van der Waals surface area contributed by atoms with Crippen molar-refractivity contribution in [2.75, 3.05) is 19.7 Å². The Morgan fingerprint density at radius 3 is 2.26 bits per heavy atom. The molecule has 34 heavy (non-hydrogen) atoms. The summed E-state index contributed by atoms with van der Waals surface area (Å²) >= 11 is 0. The Morgan fingerprint density at radius 1 is 0.971 bits per heavy atom. The van der Waals surface area contributed by atoms with Crippen molar-refractivity contribution in [1.82, 2.24) is 14.1 Å². The first-order chi connectivity index (χ1) is 16.3. The Bertz CT molecular complexity index is 1390. The molecule has 1 fully saturated rings. The molecule has 2 aromatic carbocycles. The third-order valence-electron chi connectivity index (χ3n) is 5.82. The summed E-state index contributed by atoms with van der Waals surface area (Å²) in [7, 11) is -3.60. The second-order valence-electron chi connectivity index (χ2n) is 8.00. The summed E-state index contributed by atoms with van der Waals surface area (Å²) in [6, 6.07) is 12.2. The molecule has 1 aliphatic rings. The molecule has 0 spiro atoms. The number of rotatable bonds is 7. The predicted molar refractivity (Wildman–Crippen MR) is 125 cm³/mol. The first-order valence-electron chi connectivity index (χ1n) is 11.1. The van der Waals surface area contributed by atoms with E-state index in [4.69, 9.17) is 4.74 Å². The smallest absolute Gasteiger partial charge is 0.359 e. The maximum atomic E-state index is 12.8. The van der Waals surface area contributed by atoms with Gasteiger partial charge in [-0.1, -0.05) is 24.6 Å². The van der Waals surface area contributed by atoms with Gasteiger partial charge >= 0.3 is 5.97 Å². The number of benzene rings is 2. The number of aromatic nitrogens is 2. The first kappa shape index (κ1) is 23.8. The Hall–Kier alpha value is -3.37. The zero-order valence-corrected chi connectivity index (χ0v) is 19.6. The minimum Gasteiger partial charge on any atom is -0.452 e. The van der Waals surface area contributed by atoms with Crippen LogP contribution in [0.3, 0.4) is 0 Å². The van der Waals surface area contributed by atoms with Gasteiger partial charge in [0.1, 0.15) is 0 Å². The van der Waals surface area contributed by atoms with Gasteiger partial charge in [0, 0.05) is 30.6 Å². The number of carbonyl (C=O) groups is 2. The average Bonchev–Trinajstić information content (AvgIpc) is 2.88. The molecule has 9 nitrogen and oxygen atoms in total. The zero-order chi connectivity index (χ0) is 24.3. The summed E-state index contributed by atoms with van der Waals surface area (Å²) in [5, 5.41) is 4.78. The van der Waals surface area contributed by atoms with Gasteiger partial charge in [0.15, 0.2) is 18.1 Å². The minimum atomic E-state index is -3.60. The molecule has 1 aromatic heterocycles. The summed E-state index contributed by atoms with van der Waals surface area (Å²) < 4.78 is 33.3. The van der Waals surface area contributed by atoms with Crippen LogP contribution in [0.25, 0.3) is 10.8 Å². The predicted octanol–water partition coefficient (Wildman–Crippen LogP) is 2.63. The van der Waals surface area contributed by atoms with E-state index >= 15 is 0 Å². The van der Waals surface area contributed by atoms with Gasteiger partial charge in [0.2, 0.25) is 10.0 Å². The highest BCUT2D eigenvalue weighted by atomic mass is 32.2. The largest absolute Gasteiger partial charge is 0.452 e. The molecule has 0 amide bonds. The molecule has 0 N–H and O–H groups in total. The number of fused-ring (bicyclic) bond motifs is 1. The highest BCUT2D eigenvalue weighted by Gasteiger charge is 2.26. The second-order valence-corrected chi connectivity index (χ2v) is 9.94. The highest BCUT2D eigenvalue weighted by Crippen LogP contribution is 2.21. The van der Waals surface area contributed by atoms with Crippen LogP contribution >= 0.6 is 0 Å². The number of esters is 1. The topological polar surface area (TPSA) is 116 Å². The van der Waals surface area contributed by atoms with E-state index in [2.05, 4.69) is 5.10 Å². The monoisotopic (exact) mass is 483 g/mol. The number of hydrogen-bond donors (Lipinski definition) is 0. The van der Waals surface area contributed by atoms with E-state index in [9.17, 15) is 22.8 Å². The molecular formula is C24H25N3O6S. The minimum absolute atomic E-state index is 0.0483. The zero-order valence-electron chi connectivity index (χ0n) is 18.8. The van der Waals surface area contributed by atoms with Gasteiger partial charge < -0.3 is 4.74 Å². The third-order valence-corrected chi connectivity index (χ3v) is 7.74. The molecule has 2 heterocycles. The van der Waals surface area contributed by atoms with E-state index in [-0.39, 0.29) is 28.3 Å². The fraction of sp³-hybridized carbons (Fsp3) is 0.333. The van der Waals surface area contributed by atoms with Crippen LogP contribution in [0, 0.1) is 0 Å². The van der Waals surface area contributed by atoms with Gasteiger partial charge in [-0.2, -0.15) is 9.40 Å². The lowest BCUT2D eigenvalue weighted by atomic mass is 10.1. The maximum Gasteiger partial charge on any atom is 0.359 e. The Labute approximate surface area is 197 Å². The molecule has 1 saturated heterocycles. The van der Waals surface area contributed by atoms with Crippen molar-refractivity contribution in [1.29, 1.82) is 0 Å². The van der Waals surface area contributed by atoms with E-state index < -0.39 is 28.4 Å². The number of aryl methyl sites for hydroxylation is 1. The van der Waals surface area contributed by atoms with E-state index in [0.717, 1.165) is 19.3 Å². The molecule has 3 aromatic rings. The summed E-state index contributed by atoms with van der Waals surface area (Å²) in [6.45, 7) is 2.45. The van der Waals surface area contributed by atoms with Crippen LogP contribution < -0.4 is 5.56 Å². The fourth-order valence-electron chi connectivity index (χ4n) is 3.95.